The van der Waals surface area contributed by atoms with E-state index < -0.39 is 0 Å². The average Bonchev–Trinajstić information content (AvgIpc) is 2.10. The molecular formula is C11H26N2. The minimum Gasteiger partial charge on any atom is -0.313 e. The highest BCUT2D eigenvalue weighted by atomic mass is 15.2. The second-order valence-electron chi connectivity index (χ2n) is 4.04. The topological polar surface area (TPSA) is 15.3 Å². The summed E-state index contributed by atoms with van der Waals surface area (Å²) in [6.07, 6.45) is 1.22. The largest absolute Gasteiger partial charge is 0.313 e. The van der Waals surface area contributed by atoms with Crippen LogP contribution < -0.4 is 5.32 Å². The molecule has 0 amide bonds. The van der Waals surface area contributed by atoms with E-state index in [1.54, 1.807) is 0 Å². The van der Waals surface area contributed by atoms with Crippen LogP contribution in [0.15, 0.2) is 0 Å². The lowest BCUT2D eigenvalue weighted by Gasteiger charge is -2.28. The zero-order valence-corrected chi connectivity index (χ0v) is 9.93. The summed E-state index contributed by atoms with van der Waals surface area (Å²) in [5.41, 5.74) is 0. The number of nitrogens with one attached hydrogen (secondary N) is 1. The number of likely N-dealkylation sites (N-methyl/N-ethyl adjacent to an activating group) is 1. The highest BCUT2D eigenvalue weighted by molar-refractivity contribution is 4.69. The van der Waals surface area contributed by atoms with Gasteiger partial charge < -0.3 is 5.32 Å². The second-order valence-corrected chi connectivity index (χ2v) is 4.04. The molecule has 13 heavy (non-hydrogen) atoms. The second kappa shape index (κ2) is 7.34. The van der Waals surface area contributed by atoms with E-state index in [2.05, 4.69) is 44.8 Å². The van der Waals surface area contributed by atoms with Crippen molar-refractivity contribution in [1.82, 2.24) is 10.2 Å². The van der Waals surface area contributed by atoms with Gasteiger partial charge in [0, 0.05) is 18.6 Å². The molecule has 0 aromatic rings. The molecule has 0 saturated carbocycles. The summed E-state index contributed by atoms with van der Waals surface area (Å²) >= 11 is 0. The molecule has 0 aliphatic heterocycles. The first-order valence-corrected chi connectivity index (χ1v) is 5.59. The molecule has 1 N–H and O–H groups in total. The SMILES string of the molecule is CCCNC(C)CN(CC)C(C)C. The molecule has 0 spiro atoms. The molecule has 80 valence electrons. The van der Waals surface area contributed by atoms with Gasteiger partial charge in [0.15, 0.2) is 0 Å². The summed E-state index contributed by atoms with van der Waals surface area (Å²) in [6.45, 7) is 14.7. The molecule has 0 aliphatic rings. The van der Waals surface area contributed by atoms with Crippen molar-refractivity contribution in [1.29, 1.82) is 0 Å². The van der Waals surface area contributed by atoms with E-state index in [1.165, 1.54) is 6.42 Å². The van der Waals surface area contributed by atoms with Crippen LogP contribution in [-0.2, 0) is 0 Å². The van der Waals surface area contributed by atoms with Crippen LogP contribution in [0.3, 0.4) is 0 Å². The van der Waals surface area contributed by atoms with Gasteiger partial charge in [-0.15, -0.1) is 0 Å². The van der Waals surface area contributed by atoms with E-state index in [0.29, 0.717) is 12.1 Å². The van der Waals surface area contributed by atoms with Crippen LogP contribution in [0.25, 0.3) is 0 Å². The van der Waals surface area contributed by atoms with Gasteiger partial charge in [0.25, 0.3) is 0 Å². The lowest BCUT2D eigenvalue weighted by Crippen LogP contribution is -2.42. The van der Waals surface area contributed by atoms with Crippen molar-refractivity contribution in [2.24, 2.45) is 0 Å². The molecule has 1 unspecified atom stereocenters. The first-order valence-electron chi connectivity index (χ1n) is 5.59. The van der Waals surface area contributed by atoms with Crippen molar-refractivity contribution >= 4 is 0 Å². The van der Waals surface area contributed by atoms with Gasteiger partial charge in [0.2, 0.25) is 0 Å². The maximum absolute atomic E-state index is 3.51. The predicted molar refractivity (Wildman–Crippen MR) is 60.1 cm³/mol. The molecule has 2 nitrogen and oxygen atoms in total. The molecule has 0 rings (SSSR count). The van der Waals surface area contributed by atoms with Gasteiger partial charge in [-0.3, -0.25) is 4.90 Å². The first kappa shape index (κ1) is 12.9. The van der Waals surface area contributed by atoms with Crippen LogP contribution in [-0.4, -0.2) is 36.6 Å². The number of rotatable bonds is 7. The molecule has 2 heteroatoms. The van der Waals surface area contributed by atoms with Gasteiger partial charge in [-0.2, -0.15) is 0 Å². The summed E-state index contributed by atoms with van der Waals surface area (Å²) in [6, 6.07) is 1.28. The van der Waals surface area contributed by atoms with Crippen molar-refractivity contribution < 1.29 is 0 Å². The van der Waals surface area contributed by atoms with Gasteiger partial charge in [-0.05, 0) is 40.3 Å². The summed E-state index contributed by atoms with van der Waals surface area (Å²) in [7, 11) is 0. The van der Waals surface area contributed by atoms with E-state index in [4.69, 9.17) is 0 Å². The third kappa shape index (κ3) is 6.05. The third-order valence-corrected chi connectivity index (χ3v) is 2.39. The van der Waals surface area contributed by atoms with E-state index in [9.17, 15) is 0 Å². The maximum atomic E-state index is 3.51. The van der Waals surface area contributed by atoms with E-state index in [0.717, 1.165) is 19.6 Å². The van der Waals surface area contributed by atoms with Gasteiger partial charge in [0.05, 0.1) is 0 Å². The molecule has 1 atom stereocenters. The Morgan fingerprint density at radius 3 is 2.15 bits per heavy atom. The monoisotopic (exact) mass is 186 g/mol. The van der Waals surface area contributed by atoms with Crippen LogP contribution in [0.4, 0.5) is 0 Å². The molecule has 0 radical (unpaired) electrons. The smallest absolute Gasteiger partial charge is 0.0166 e. The van der Waals surface area contributed by atoms with Crippen LogP contribution in [0.5, 0.6) is 0 Å². The molecule has 0 aromatic heterocycles. The van der Waals surface area contributed by atoms with Crippen LogP contribution in [0, 0.1) is 0 Å². The first-order chi connectivity index (χ1) is 6.11. The summed E-state index contributed by atoms with van der Waals surface area (Å²) < 4.78 is 0. The van der Waals surface area contributed by atoms with Crippen LogP contribution >= 0.6 is 0 Å². The Kier molecular flexibility index (Phi) is 7.29. The Morgan fingerprint density at radius 1 is 1.15 bits per heavy atom. The van der Waals surface area contributed by atoms with Crippen molar-refractivity contribution in [3.63, 3.8) is 0 Å². The van der Waals surface area contributed by atoms with Crippen molar-refractivity contribution in [2.45, 2.75) is 53.1 Å². The number of nitrogens with zero attached hydrogens (tertiary/aromatic N) is 1. The van der Waals surface area contributed by atoms with E-state index >= 15 is 0 Å². The van der Waals surface area contributed by atoms with Gasteiger partial charge in [0.1, 0.15) is 0 Å². The minimum atomic E-state index is 0.613. The fourth-order valence-electron chi connectivity index (χ4n) is 1.51. The Balaban J connectivity index is 3.66. The Morgan fingerprint density at radius 2 is 1.77 bits per heavy atom. The normalized spacial score (nSPS) is 14.1. The van der Waals surface area contributed by atoms with Gasteiger partial charge >= 0.3 is 0 Å². The lowest BCUT2D eigenvalue weighted by atomic mass is 10.2. The maximum Gasteiger partial charge on any atom is 0.0166 e. The zero-order valence-electron chi connectivity index (χ0n) is 9.93. The molecule has 0 heterocycles. The van der Waals surface area contributed by atoms with Crippen molar-refractivity contribution in [3.8, 4) is 0 Å². The average molecular weight is 186 g/mol. The Labute approximate surface area is 83.7 Å². The highest BCUT2D eigenvalue weighted by Gasteiger charge is 2.10. The van der Waals surface area contributed by atoms with Crippen molar-refractivity contribution in [2.75, 3.05) is 19.6 Å². The molecular weight excluding hydrogens is 160 g/mol. The van der Waals surface area contributed by atoms with Gasteiger partial charge in [-0.1, -0.05) is 13.8 Å². The molecule has 0 saturated heterocycles. The summed E-state index contributed by atoms with van der Waals surface area (Å²) in [5, 5.41) is 3.51. The summed E-state index contributed by atoms with van der Waals surface area (Å²) in [5.74, 6) is 0. The van der Waals surface area contributed by atoms with Gasteiger partial charge in [-0.25, -0.2) is 0 Å². The van der Waals surface area contributed by atoms with Crippen LogP contribution in [0.2, 0.25) is 0 Å². The van der Waals surface area contributed by atoms with E-state index in [1.807, 2.05) is 0 Å². The van der Waals surface area contributed by atoms with Crippen molar-refractivity contribution in [3.05, 3.63) is 0 Å². The Bertz CT molecular complexity index is 113. The standard InChI is InChI=1S/C11H26N2/c1-6-8-12-11(5)9-13(7-2)10(3)4/h10-12H,6-9H2,1-5H3. The predicted octanol–water partition coefficient (Wildman–Crippen LogP) is 2.10. The highest BCUT2D eigenvalue weighted by Crippen LogP contribution is 1.99. The molecule has 0 aromatic carbocycles. The fraction of sp³-hybridized carbons (Fsp3) is 1.00. The number of hydrogen-bond acceptors (Lipinski definition) is 2. The fourth-order valence-corrected chi connectivity index (χ4v) is 1.51. The lowest BCUT2D eigenvalue weighted by molar-refractivity contribution is 0.212. The van der Waals surface area contributed by atoms with Crippen LogP contribution in [0.1, 0.15) is 41.0 Å². The number of hydrogen-bond donors (Lipinski definition) is 1. The third-order valence-electron chi connectivity index (χ3n) is 2.39. The summed E-state index contributed by atoms with van der Waals surface area (Å²) in [4.78, 5) is 2.49. The molecule has 0 bridgehead atoms. The molecule has 0 aliphatic carbocycles. The quantitative estimate of drug-likeness (QED) is 0.655. The van der Waals surface area contributed by atoms with E-state index in [-0.39, 0.29) is 0 Å². The minimum absolute atomic E-state index is 0.613. The molecule has 0 fully saturated rings. The Hall–Kier alpha value is -0.0800. The zero-order chi connectivity index (χ0) is 10.3.